The van der Waals surface area contributed by atoms with Gasteiger partial charge in [0, 0.05) is 29.1 Å². The van der Waals surface area contributed by atoms with Gasteiger partial charge in [0.05, 0.1) is 10.9 Å². The largest absolute Gasteiger partial charge is 0.369 e. The van der Waals surface area contributed by atoms with Crippen LogP contribution in [0.4, 0.5) is 23.1 Å². The number of anilines is 4. The molecule has 3 aromatic rings. The van der Waals surface area contributed by atoms with Crippen LogP contribution in [0.5, 0.6) is 0 Å². The summed E-state index contributed by atoms with van der Waals surface area (Å²) < 4.78 is 0.790. The predicted octanol–water partition coefficient (Wildman–Crippen LogP) is 4.79. The standard InChI is InChI=1S/C20H17BrClN5O/c21-16-11-24-20(25-15-5-6-17-13(9-15)10-18(28)26-17)27-19(16)23-8-7-12-1-3-14(22)4-2-12/h1-6,9,11H,7-8,10H2,(H,26,28)(H2,23,24,25,27). The minimum absolute atomic E-state index is 0.0132. The lowest BCUT2D eigenvalue weighted by molar-refractivity contribution is -0.115. The monoisotopic (exact) mass is 457 g/mol. The van der Waals surface area contributed by atoms with Crippen molar-refractivity contribution >= 4 is 56.6 Å². The predicted molar refractivity (Wildman–Crippen MR) is 115 cm³/mol. The van der Waals surface area contributed by atoms with E-state index in [0.29, 0.717) is 18.2 Å². The van der Waals surface area contributed by atoms with Crippen LogP contribution in [0.3, 0.4) is 0 Å². The molecule has 0 spiro atoms. The summed E-state index contributed by atoms with van der Waals surface area (Å²) in [4.78, 5) is 20.3. The van der Waals surface area contributed by atoms with Crippen molar-refractivity contribution in [3.8, 4) is 0 Å². The van der Waals surface area contributed by atoms with Gasteiger partial charge in [-0.25, -0.2) is 4.98 Å². The van der Waals surface area contributed by atoms with Crippen LogP contribution in [0.15, 0.2) is 53.1 Å². The fourth-order valence-corrected chi connectivity index (χ4v) is 3.42. The first-order valence-electron chi connectivity index (χ1n) is 8.77. The second kappa shape index (κ2) is 8.16. The van der Waals surface area contributed by atoms with Crippen LogP contribution in [0, 0.1) is 0 Å². The van der Waals surface area contributed by atoms with Crippen molar-refractivity contribution in [2.75, 3.05) is 22.5 Å². The maximum atomic E-state index is 11.5. The average Bonchev–Trinajstić information content (AvgIpc) is 3.05. The van der Waals surface area contributed by atoms with Crippen molar-refractivity contribution in [2.45, 2.75) is 12.8 Å². The van der Waals surface area contributed by atoms with Crippen LogP contribution in [0.1, 0.15) is 11.1 Å². The van der Waals surface area contributed by atoms with Crippen LogP contribution in [0.2, 0.25) is 5.02 Å². The SMILES string of the molecule is O=C1Cc2cc(Nc3ncc(Br)c(NCCc4ccc(Cl)cc4)n3)ccc2N1. The molecule has 0 bridgehead atoms. The van der Waals surface area contributed by atoms with Crippen molar-refractivity contribution in [3.63, 3.8) is 0 Å². The molecule has 142 valence electrons. The van der Waals surface area contributed by atoms with Gasteiger partial charge in [0.2, 0.25) is 11.9 Å². The molecule has 1 aliphatic rings. The molecule has 0 aliphatic carbocycles. The van der Waals surface area contributed by atoms with E-state index in [9.17, 15) is 4.79 Å². The van der Waals surface area contributed by atoms with Crippen LogP contribution in [-0.2, 0) is 17.6 Å². The number of hydrogen-bond acceptors (Lipinski definition) is 5. The minimum atomic E-state index is 0.0132. The van der Waals surface area contributed by atoms with Gasteiger partial charge in [-0.3, -0.25) is 4.79 Å². The molecule has 4 rings (SSSR count). The van der Waals surface area contributed by atoms with E-state index in [1.165, 1.54) is 5.56 Å². The number of carbonyl (C=O) groups excluding carboxylic acids is 1. The smallest absolute Gasteiger partial charge is 0.229 e. The zero-order valence-corrected chi connectivity index (χ0v) is 17.1. The maximum Gasteiger partial charge on any atom is 0.229 e. The summed E-state index contributed by atoms with van der Waals surface area (Å²) in [5.74, 6) is 1.21. The highest BCUT2D eigenvalue weighted by molar-refractivity contribution is 9.10. The van der Waals surface area contributed by atoms with Crippen molar-refractivity contribution in [1.29, 1.82) is 0 Å². The van der Waals surface area contributed by atoms with Gasteiger partial charge in [0.1, 0.15) is 5.82 Å². The Kier molecular flexibility index (Phi) is 5.45. The van der Waals surface area contributed by atoms with Gasteiger partial charge in [-0.1, -0.05) is 23.7 Å². The first-order valence-corrected chi connectivity index (χ1v) is 9.94. The third kappa shape index (κ3) is 4.43. The van der Waals surface area contributed by atoms with Gasteiger partial charge in [0.15, 0.2) is 0 Å². The molecule has 0 saturated heterocycles. The third-order valence-corrected chi connectivity index (χ3v) is 5.18. The van der Waals surface area contributed by atoms with Gasteiger partial charge in [-0.15, -0.1) is 0 Å². The molecule has 0 saturated carbocycles. The molecule has 1 aromatic heterocycles. The summed E-state index contributed by atoms with van der Waals surface area (Å²) in [5, 5.41) is 10.1. The Hall–Kier alpha value is -2.64. The fourth-order valence-electron chi connectivity index (χ4n) is 2.96. The second-order valence-corrected chi connectivity index (χ2v) is 7.71. The van der Waals surface area contributed by atoms with E-state index in [0.717, 1.165) is 39.4 Å². The number of nitrogens with one attached hydrogen (secondary N) is 3. The Bertz CT molecular complexity index is 1030. The van der Waals surface area contributed by atoms with Gasteiger partial charge >= 0.3 is 0 Å². The van der Waals surface area contributed by atoms with Crippen LogP contribution < -0.4 is 16.0 Å². The lowest BCUT2D eigenvalue weighted by atomic mass is 10.1. The molecule has 1 aliphatic heterocycles. The highest BCUT2D eigenvalue weighted by Gasteiger charge is 2.17. The van der Waals surface area contributed by atoms with E-state index in [4.69, 9.17) is 11.6 Å². The summed E-state index contributed by atoms with van der Waals surface area (Å²) in [5.41, 5.74) is 3.86. The van der Waals surface area contributed by atoms with Gasteiger partial charge in [-0.2, -0.15) is 4.98 Å². The average molecular weight is 459 g/mol. The summed E-state index contributed by atoms with van der Waals surface area (Å²) in [6.07, 6.45) is 2.95. The Morgan fingerprint density at radius 2 is 2.00 bits per heavy atom. The van der Waals surface area contributed by atoms with E-state index in [-0.39, 0.29) is 5.91 Å². The number of hydrogen-bond donors (Lipinski definition) is 3. The topological polar surface area (TPSA) is 78.9 Å². The van der Waals surface area contributed by atoms with E-state index in [1.54, 1.807) is 6.20 Å². The maximum absolute atomic E-state index is 11.5. The van der Waals surface area contributed by atoms with Gasteiger partial charge in [-0.05, 0) is 63.8 Å². The Balaban J connectivity index is 1.41. The molecule has 3 N–H and O–H groups in total. The van der Waals surface area contributed by atoms with E-state index >= 15 is 0 Å². The normalized spacial score (nSPS) is 12.4. The molecule has 28 heavy (non-hydrogen) atoms. The number of amides is 1. The number of carbonyl (C=O) groups is 1. The lowest BCUT2D eigenvalue weighted by Gasteiger charge is -2.11. The molecule has 0 radical (unpaired) electrons. The van der Waals surface area contributed by atoms with Crippen molar-refractivity contribution in [2.24, 2.45) is 0 Å². The first-order chi connectivity index (χ1) is 13.6. The van der Waals surface area contributed by atoms with E-state index in [1.807, 2.05) is 42.5 Å². The highest BCUT2D eigenvalue weighted by atomic mass is 79.9. The fraction of sp³-hybridized carbons (Fsp3) is 0.150. The molecule has 6 nitrogen and oxygen atoms in total. The van der Waals surface area contributed by atoms with Crippen LogP contribution >= 0.6 is 27.5 Å². The first kappa shape index (κ1) is 18.7. The number of fused-ring (bicyclic) bond motifs is 1. The van der Waals surface area contributed by atoms with Gasteiger partial charge in [0.25, 0.3) is 0 Å². The summed E-state index contributed by atoms with van der Waals surface area (Å²) in [7, 11) is 0. The zero-order chi connectivity index (χ0) is 19.5. The Morgan fingerprint density at radius 1 is 1.18 bits per heavy atom. The molecule has 0 fully saturated rings. The molecule has 0 unspecified atom stereocenters. The zero-order valence-electron chi connectivity index (χ0n) is 14.8. The number of rotatable bonds is 6. The number of benzene rings is 2. The van der Waals surface area contributed by atoms with Crippen LogP contribution in [-0.4, -0.2) is 22.4 Å². The minimum Gasteiger partial charge on any atom is -0.369 e. The highest BCUT2D eigenvalue weighted by Crippen LogP contribution is 2.28. The Labute approximate surface area is 175 Å². The number of aromatic nitrogens is 2. The molecular weight excluding hydrogens is 442 g/mol. The van der Waals surface area contributed by atoms with Crippen molar-refractivity contribution < 1.29 is 4.79 Å². The summed E-state index contributed by atoms with van der Waals surface area (Å²) in [6.45, 7) is 0.726. The van der Waals surface area contributed by atoms with E-state index < -0.39 is 0 Å². The Morgan fingerprint density at radius 3 is 2.82 bits per heavy atom. The lowest BCUT2D eigenvalue weighted by Crippen LogP contribution is -2.08. The van der Waals surface area contributed by atoms with E-state index in [2.05, 4.69) is 41.8 Å². The van der Waals surface area contributed by atoms with Crippen molar-refractivity contribution in [3.05, 3.63) is 69.3 Å². The molecule has 0 atom stereocenters. The summed E-state index contributed by atoms with van der Waals surface area (Å²) in [6, 6.07) is 13.5. The molecule has 1 amide bonds. The second-order valence-electron chi connectivity index (χ2n) is 6.42. The van der Waals surface area contributed by atoms with Crippen molar-refractivity contribution in [1.82, 2.24) is 9.97 Å². The quantitative estimate of drug-likeness (QED) is 0.495. The third-order valence-electron chi connectivity index (χ3n) is 4.35. The number of halogens is 2. The molecule has 2 aromatic carbocycles. The van der Waals surface area contributed by atoms with Gasteiger partial charge < -0.3 is 16.0 Å². The molecular formula is C20H17BrClN5O. The van der Waals surface area contributed by atoms with Crippen LogP contribution in [0.25, 0.3) is 0 Å². The summed E-state index contributed by atoms with van der Waals surface area (Å²) >= 11 is 9.40. The molecule has 8 heteroatoms. The molecule has 2 heterocycles. The number of nitrogens with zero attached hydrogens (tertiary/aromatic N) is 2.